The molecule has 0 aromatic carbocycles. The number of carbonyl (C=O) groups excluding carboxylic acids is 1. The molecule has 0 bridgehead atoms. The minimum absolute atomic E-state index is 0.0182. The monoisotopic (exact) mass is 230 g/mol. The highest BCUT2D eigenvalue weighted by Gasteiger charge is 2.40. The number of hydrogen-bond acceptors (Lipinski definition) is 4. The molecule has 0 heterocycles. The molecule has 1 amide bonds. The summed E-state index contributed by atoms with van der Waals surface area (Å²) in [5.41, 5.74) is 4.66. The van der Waals surface area contributed by atoms with E-state index in [1.54, 1.807) is 0 Å². The number of carboxylic acids is 1. The van der Waals surface area contributed by atoms with Crippen LogP contribution in [0.15, 0.2) is 0 Å². The van der Waals surface area contributed by atoms with Gasteiger partial charge in [-0.3, -0.25) is 9.59 Å². The second-order valence-electron chi connectivity index (χ2n) is 4.09. The standard InChI is InChI=1S/C10H18N2O4/c11-4-5-16-7-8(13)12-10(2-1-3-10)6-9(14)15/h1-7,11H2,(H,12,13)(H,14,15). The number of ether oxygens (including phenoxy) is 1. The predicted molar refractivity (Wildman–Crippen MR) is 56.9 cm³/mol. The Bertz CT molecular complexity index is 264. The van der Waals surface area contributed by atoms with Crippen LogP contribution in [-0.2, 0) is 14.3 Å². The third kappa shape index (κ3) is 3.79. The lowest BCUT2D eigenvalue weighted by molar-refractivity contribution is -0.141. The summed E-state index contributed by atoms with van der Waals surface area (Å²) in [6, 6.07) is 0. The van der Waals surface area contributed by atoms with Crippen molar-refractivity contribution in [3.8, 4) is 0 Å². The average Bonchev–Trinajstić information content (AvgIpc) is 2.14. The van der Waals surface area contributed by atoms with Crippen LogP contribution in [0.25, 0.3) is 0 Å². The van der Waals surface area contributed by atoms with Crippen molar-refractivity contribution >= 4 is 11.9 Å². The molecule has 1 saturated carbocycles. The third-order valence-electron chi connectivity index (χ3n) is 2.70. The summed E-state index contributed by atoms with van der Waals surface area (Å²) in [6.45, 7) is 0.644. The van der Waals surface area contributed by atoms with Crippen molar-refractivity contribution in [2.45, 2.75) is 31.2 Å². The first-order valence-corrected chi connectivity index (χ1v) is 5.39. The average molecular weight is 230 g/mol. The van der Waals surface area contributed by atoms with Crippen LogP contribution >= 0.6 is 0 Å². The summed E-state index contributed by atoms with van der Waals surface area (Å²) in [4.78, 5) is 22.1. The second-order valence-corrected chi connectivity index (χ2v) is 4.09. The molecule has 0 atom stereocenters. The van der Waals surface area contributed by atoms with Crippen LogP contribution in [0.2, 0.25) is 0 Å². The van der Waals surface area contributed by atoms with Crippen molar-refractivity contribution in [3.63, 3.8) is 0 Å². The fourth-order valence-electron chi connectivity index (χ4n) is 1.82. The van der Waals surface area contributed by atoms with E-state index in [9.17, 15) is 9.59 Å². The molecule has 1 aliphatic rings. The number of hydrogen-bond donors (Lipinski definition) is 3. The van der Waals surface area contributed by atoms with Crippen LogP contribution < -0.4 is 11.1 Å². The van der Waals surface area contributed by atoms with Gasteiger partial charge in [0.25, 0.3) is 0 Å². The van der Waals surface area contributed by atoms with Crippen LogP contribution in [0.1, 0.15) is 25.7 Å². The molecule has 1 aliphatic carbocycles. The van der Waals surface area contributed by atoms with E-state index in [1.165, 1.54) is 0 Å². The lowest BCUT2D eigenvalue weighted by Crippen LogP contribution is -2.55. The Hall–Kier alpha value is -1.14. The molecule has 6 nitrogen and oxygen atoms in total. The molecule has 0 spiro atoms. The lowest BCUT2D eigenvalue weighted by atomic mass is 9.74. The highest BCUT2D eigenvalue weighted by molar-refractivity contribution is 5.79. The Balaban J connectivity index is 2.32. The van der Waals surface area contributed by atoms with Gasteiger partial charge in [-0.25, -0.2) is 0 Å². The lowest BCUT2D eigenvalue weighted by Gasteiger charge is -2.41. The van der Waals surface area contributed by atoms with E-state index in [-0.39, 0.29) is 18.9 Å². The van der Waals surface area contributed by atoms with Crippen LogP contribution in [0.4, 0.5) is 0 Å². The largest absolute Gasteiger partial charge is 0.481 e. The number of carbonyl (C=O) groups is 2. The molecule has 6 heteroatoms. The zero-order valence-corrected chi connectivity index (χ0v) is 9.20. The molecule has 16 heavy (non-hydrogen) atoms. The maximum atomic E-state index is 11.4. The molecular formula is C10H18N2O4. The Morgan fingerprint density at radius 1 is 1.44 bits per heavy atom. The Morgan fingerprint density at radius 3 is 2.56 bits per heavy atom. The van der Waals surface area contributed by atoms with Crippen LogP contribution in [0.3, 0.4) is 0 Å². The van der Waals surface area contributed by atoms with E-state index in [4.69, 9.17) is 15.6 Å². The smallest absolute Gasteiger partial charge is 0.305 e. The predicted octanol–water partition coefficient (Wildman–Crippen LogP) is -0.525. The van der Waals surface area contributed by atoms with Crippen LogP contribution in [0.5, 0.6) is 0 Å². The zero-order valence-electron chi connectivity index (χ0n) is 9.20. The first kappa shape index (κ1) is 12.9. The van der Waals surface area contributed by atoms with E-state index in [0.717, 1.165) is 19.3 Å². The summed E-state index contributed by atoms with van der Waals surface area (Å²) in [6.07, 6.45) is 2.39. The Kier molecular flexibility index (Phi) is 4.70. The van der Waals surface area contributed by atoms with Gasteiger partial charge < -0.3 is 20.9 Å². The van der Waals surface area contributed by atoms with Gasteiger partial charge in [-0.2, -0.15) is 0 Å². The molecule has 0 saturated heterocycles. The molecule has 0 aliphatic heterocycles. The van der Waals surface area contributed by atoms with E-state index in [1.807, 2.05) is 0 Å². The van der Waals surface area contributed by atoms with Gasteiger partial charge in [0.05, 0.1) is 18.6 Å². The van der Waals surface area contributed by atoms with Crippen molar-refractivity contribution in [2.24, 2.45) is 5.73 Å². The van der Waals surface area contributed by atoms with Crippen molar-refractivity contribution in [1.29, 1.82) is 0 Å². The van der Waals surface area contributed by atoms with Gasteiger partial charge in [0.15, 0.2) is 0 Å². The third-order valence-corrected chi connectivity index (χ3v) is 2.70. The fraction of sp³-hybridized carbons (Fsp3) is 0.800. The van der Waals surface area contributed by atoms with Crippen molar-refractivity contribution in [2.75, 3.05) is 19.8 Å². The van der Waals surface area contributed by atoms with Gasteiger partial charge in [-0.1, -0.05) is 0 Å². The first-order chi connectivity index (χ1) is 7.58. The molecule has 1 fully saturated rings. The van der Waals surface area contributed by atoms with Crippen LogP contribution in [0, 0.1) is 0 Å². The molecule has 0 radical (unpaired) electrons. The first-order valence-electron chi connectivity index (χ1n) is 5.39. The molecule has 0 aromatic heterocycles. The number of nitrogens with two attached hydrogens (primary N) is 1. The topological polar surface area (TPSA) is 102 Å². The molecule has 92 valence electrons. The van der Waals surface area contributed by atoms with Gasteiger partial charge >= 0.3 is 5.97 Å². The number of nitrogens with one attached hydrogen (secondary N) is 1. The van der Waals surface area contributed by atoms with E-state index in [0.29, 0.717) is 13.2 Å². The summed E-state index contributed by atoms with van der Waals surface area (Å²) >= 11 is 0. The van der Waals surface area contributed by atoms with E-state index >= 15 is 0 Å². The van der Waals surface area contributed by atoms with Crippen LogP contribution in [-0.4, -0.2) is 42.3 Å². The van der Waals surface area contributed by atoms with E-state index in [2.05, 4.69) is 5.32 Å². The van der Waals surface area contributed by atoms with Crippen molar-refractivity contribution < 1.29 is 19.4 Å². The number of carboxylic acid groups (broad SMARTS) is 1. The summed E-state index contributed by atoms with van der Waals surface area (Å²) in [5.74, 6) is -1.16. The highest BCUT2D eigenvalue weighted by Crippen LogP contribution is 2.34. The Morgan fingerprint density at radius 2 is 2.12 bits per heavy atom. The second kappa shape index (κ2) is 5.81. The maximum absolute atomic E-state index is 11.4. The molecule has 0 aromatic rings. The van der Waals surface area contributed by atoms with Gasteiger partial charge in [-0.15, -0.1) is 0 Å². The summed E-state index contributed by atoms with van der Waals surface area (Å²) in [5, 5.41) is 11.5. The Labute approximate surface area is 94.1 Å². The van der Waals surface area contributed by atoms with Gasteiger partial charge in [0.1, 0.15) is 6.61 Å². The summed E-state index contributed by atoms with van der Waals surface area (Å²) in [7, 11) is 0. The molecular weight excluding hydrogens is 212 g/mol. The fourth-order valence-corrected chi connectivity index (χ4v) is 1.82. The maximum Gasteiger partial charge on any atom is 0.305 e. The van der Waals surface area contributed by atoms with Crippen molar-refractivity contribution in [3.05, 3.63) is 0 Å². The molecule has 1 rings (SSSR count). The minimum atomic E-state index is -0.886. The molecule has 0 unspecified atom stereocenters. The molecule has 4 N–H and O–H groups in total. The van der Waals surface area contributed by atoms with Gasteiger partial charge in [0, 0.05) is 6.54 Å². The van der Waals surface area contributed by atoms with Crippen molar-refractivity contribution in [1.82, 2.24) is 5.32 Å². The summed E-state index contributed by atoms with van der Waals surface area (Å²) < 4.78 is 4.98. The van der Waals surface area contributed by atoms with Gasteiger partial charge in [-0.05, 0) is 19.3 Å². The quantitative estimate of drug-likeness (QED) is 0.510. The SMILES string of the molecule is NCCOCC(=O)NC1(CC(=O)O)CCC1. The number of aliphatic carboxylic acids is 1. The minimum Gasteiger partial charge on any atom is -0.481 e. The van der Waals surface area contributed by atoms with Gasteiger partial charge in [0.2, 0.25) is 5.91 Å². The number of rotatable bonds is 7. The van der Waals surface area contributed by atoms with E-state index < -0.39 is 11.5 Å². The zero-order chi connectivity index (χ0) is 12.0. The highest BCUT2D eigenvalue weighted by atomic mass is 16.5. The number of amides is 1. The normalized spacial score (nSPS) is 17.6.